The molecule has 2 rings (SSSR count). The Morgan fingerprint density at radius 2 is 2.17 bits per heavy atom. The van der Waals surface area contributed by atoms with Gasteiger partial charge < -0.3 is 11.1 Å². The smallest absolute Gasteiger partial charge is 0.311 e. The zero-order valence-electron chi connectivity index (χ0n) is 10.5. The Morgan fingerprint density at radius 1 is 1.50 bits per heavy atom. The lowest BCUT2D eigenvalue weighted by atomic mass is 9.98. The van der Waals surface area contributed by atoms with E-state index in [9.17, 15) is 10.1 Å². The average Bonchev–Trinajstić information content (AvgIpc) is 2.78. The Hall–Kier alpha value is -1.69. The number of rotatable bonds is 4. The summed E-state index contributed by atoms with van der Waals surface area (Å²) in [6.07, 6.45) is 4.08. The number of nitrogens with one attached hydrogen (secondary N) is 1. The van der Waals surface area contributed by atoms with Crippen molar-refractivity contribution in [3.05, 3.63) is 27.9 Å². The van der Waals surface area contributed by atoms with Gasteiger partial charge in [-0.25, -0.2) is 4.98 Å². The number of pyridine rings is 1. The van der Waals surface area contributed by atoms with E-state index in [1.54, 1.807) is 6.07 Å². The van der Waals surface area contributed by atoms with E-state index in [0.29, 0.717) is 12.4 Å². The van der Waals surface area contributed by atoms with Crippen LogP contribution in [0.4, 0.5) is 11.5 Å². The Labute approximate surface area is 106 Å². The van der Waals surface area contributed by atoms with Gasteiger partial charge in [-0.3, -0.25) is 10.1 Å². The Balaban J connectivity index is 2.32. The molecule has 3 N–H and O–H groups in total. The maximum atomic E-state index is 11.0. The summed E-state index contributed by atoms with van der Waals surface area (Å²) in [5.74, 6) is 0.340. The van der Waals surface area contributed by atoms with E-state index in [4.69, 9.17) is 5.73 Å². The molecule has 0 unspecified atom stereocenters. The molecule has 1 aliphatic rings. The fraction of sp³-hybridized carbons (Fsp3) is 0.583. The predicted molar refractivity (Wildman–Crippen MR) is 69.5 cm³/mol. The van der Waals surface area contributed by atoms with Crippen molar-refractivity contribution in [2.24, 2.45) is 5.73 Å². The molecule has 98 valence electrons. The number of aromatic nitrogens is 1. The van der Waals surface area contributed by atoms with Crippen molar-refractivity contribution in [3.8, 4) is 0 Å². The van der Waals surface area contributed by atoms with Crippen molar-refractivity contribution in [1.82, 2.24) is 4.98 Å². The van der Waals surface area contributed by atoms with Gasteiger partial charge in [-0.05, 0) is 25.8 Å². The largest absolute Gasteiger partial charge is 0.358 e. The first-order valence-corrected chi connectivity index (χ1v) is 6.17. The highest BCUT2D eigenvalue weighted by molar-refractivity contribution is 5.57. The molecule has 0 saturated heterocycles. The molecule has 1 aliphatic carbocycles. The highest BCUT2D eigenvalue weighted by atomic mass is 16.6. The second-order valence-corrected chi connectivity index (χ2v) is 4.89. The Morgan fingerprint density at radius 3 is 2.72 bits per heavy atom. The first-order valence-electron chi connectivity index (χ1n) is 6.17. The summed E-state index contributed by atoms with van der Waals surface area (Å²) in [4.78, 5) is 14.8. The predicted octanol–water partition coefficient (Wildman–Crippen LogP) is 1.98. The molecule has 1 heterocycles. The van der Waals surface area contributed by atoms with Crippen LogP contribution in [0.5, 0.6) is 0 Å². The standard InChI is InChI=1S/C12H18N4O2/c1-9-4-5-10(16(17)18)11(14-9)15-12(8-13)6-2-3-7-12/h4-5H,2-3,6-8,13H2,1H3,(H,14,15). The van der Waals surface area contributed by atoms with Crippen molar-refractivity contribution in [1.29, 1.82) is 0 Å². The molecule has 0 aliphatic heterocycles. The van der Waals surface area contributed by atoms with E-state index in [1.807, 2.05) is 6.92 Å². The van der Waals surface area contributed by atoms with Crippen molar-refractivity contribution in [2.45, 2.75) is 38.1 Å². The number of aryl methyl sites for hydroxylation is 1. The second kappa shape index (κ2) is 4.89. The average molecular weight is 250 g/mol. The third-order valence-electron chi connectivity index (χ3n) is 3.54. The van der Waals surface area contributed by atoms with Crippen LogP contribution in [0.3, 0.4) is 0 Å². The van der Waals surface area contributed by atoms with Crippen molar-refractivity contribution < 1.29 is 4.92 Å². The minimum atomic E-state index is -0.409. The molecule has 1 aromatic rings. The molecule has 1 saturated carbocycles. The van der Waals surface area contributed by atoms with Crippen LogP contribution in [0.2, 0.25) is 0 Å². The molecule has 18 heavy (non-hydrogen) atoms. The fourth-order valence-corrected chi connectivity index (χ4v) is 2.47. The summed E-state index contributed by atoms with van der Waals surface area (Å²) >= 11 is 0. The lowest BCUT2D eigenvalue weighted by Gasteiger charge is -2.29. The summed E-state index contributed by atoms with van der Waals surface area (Å²) in [6, 6.07) is 3.14. The van der Waals surface area contributed by atoms with Crippen molar-refractivity contribution >= 4 is 11.5 Å². The maximum Gasteiger partial charge on any atom is 0.311 e. The van der Waals surface area contributed by atoms with Crippen molar-refractivity contribution in [3.63, 3.8) is 0 Å². The van der Waals surface area contributed by atoms with E-state index < -0.39 is 4.92 Å². The van der Waals surface area contributed by atoms with Gasteiger partial charge in [0.2, 0.25) is 5.82 Å². The first-order chi connectivity index (χ1) is 8.56. The topological polar surface area (TPSA) is 94.1 Å². The zero-order chi connectivity index (χ0) is 13.2. The zero-order valence-corrected chi connectivity index (χ0v) is 10.5. The van der Waals surface area contributed by atoms with Crippen LogP contribution >= 0.6 is 0 Å². The Kier molecular flexibility index (Phi) is 3.47. The fourth-order valence-electron chi connectivity index (χ4n) is 2.47. The molecule has 0 radical (unpaired) electrons. The Bertz CT molecular complexity index is 455. The molecule has 0 atom stereocenters. The molecule has 0 aromatic carbocycles. The van der Waals surface area contributed by atoms with Crippen LogP contribution in [-0.2, 0) is 0 Å². The van der Waals surface area contributed by atoms with Gasteiger partial charge in [0.25, 0.3) is 0 Å². The summed E-state index contributed by atoms with van der Waals surface area (Å²) in [7, 11) is 0. The normalized spacial score (nSPS) is 17.7. The van der Waals surface area contributed by atoms with Crippen LogP contribution < -0.4 is 11.1 Å². The quantitative estimate of drug-likeness (QED) is 0.629. The molecule has 6 heteroatoms. The number of nitro groups is 1. The second-order valence-electron chi connectivity index (χ2n) is 4.89. The molecular formula is C12H18N4O2. The molecule has 1 aromatic heterocycles. The minimum Gasteiger partial charge on any atom is -0.358 e. The van der Waals surface area contributed by atoms with Gasteiger partial charge in [-0.2, -0.15) is 0 Å². The van der Waals surface area contributed by atoms with Gasteiger partial charge >= 0.3 is 5.69 Å². The van der Waals surface area contributed by atoms with Crippen molar-refractivity contribution in [2.75, 3.05) is 11.9 Å². The first kappa shape index (κ1) is 12.8. The van der Waals surface area contributed by atoms with Crippen LogP contribution in [0.25, 0.3) is 0 Å². The third-order valence-corrected chi connectivity index (χ3v) is 3.54. The molecule has 0 spiro atoms. The van der Waals surface area contributed by atoms with Gasteiger partial charge in [-0.15, -0.1) is 0 Å². The highest BCUT2D eigenvalue weighted by Gasteiger charge is 2.34. The summed E-state index contributed by atoms with van der Waals surface area (Å²) in [5.41, 5.74) is 6.36. The number of hydrogen-bond donors (Lipinski definition) is 2. The summed E-state index contributed by atoms with van der Waals surface area (Å²) < 4.78 is 0. The van der Waals surface area contributed by atoms with Gasteiger partial charge in [0.05, 0.1) is 10.5 Å². The number of nitrogens with zero attached hydrogens (tertiary/aromatic N) is 2. The summed E-state index contributed by atoms with van der Waals surface area (Å²) in [6.45, 7) is 2.29. The van der Waals surface area contributed by atoms with Crippen LogP contribution in [-0.4, -0.2) is 22.0 Å². The number of hydrogen-bond acceptors (Lipinski definition) is 5. The SMILES string of the molecule is Cc1ccc([N+](=O)[O-])c(NC2(CN)CCCC2)n1. The highest BCUT2D eigenvalue weighted by Crippen LogP contribution is 2.34. The van der Waals surface area contributed by atoms with Crippen LogP contribution in [0, 0.1) is 17.0 Å². The van der Waals surface area contributed by atoms with Gasteiger partial charge in [0.1, 0.15) is 0 Å². The minimum absolute atomic E-state index is 0.0142. The molecule has 1 fully saturated rings. The van der Waals surface area contributed by atoms with E-state index in [0.717, 1.165) is 31.4 Å². The van der Waals surface area contributed by atoms with Crippen LogP contribution in [0.1, 0.15) is 31.4 Å². The van der Waals surface area contributed by atoms with E-state index in [-0.39, 0.29) is 11.2 Å². The lowest BCUT2D eigenvalue weighted by Crippen LogP contribution is -2.43. The van der Waals surface area contributed by atoms with Gasteiger partial charge in [0.15, 0.2) is 0 Å². The monoisotopic (exact) mass is 250 g/mol. The number of nitrogens with two attached hydrogens (primary N) is 1. The summed E-state index contributed by atoms with van der Waals surface area (Å²) in [5, 5.41) is 14.2. The molecule has 0 bridgehead atoms. The third kappa shape index (κ3) is 2.43. The molecule has 0 amide bonds. The van der Waals surface area contributed by atoms with E-state index in [1.165, 1.54) is 6.07 Å². The van der Waals surface area contributed by atoms with E-state index in [2.05, 4.69) is 10.3 Å². The van der Waals surface area contributed by atoms with Gasteiger partial charge in [0, 0.05) is 18.3 Å². The molecular weight excluding hydrogens is 232 g/mol. The number of anilines is 1. The maximum absolute atomic E-state index is 11.0. The lowest BCUT2D eigenvalue weighted by molar-refractivity contribution is -0.384. The van der Waals surface area contributed by atoms with E-state index >= 15 is 0 Å². The van der Waals surface area contributed by atoms with Gasteiger partial charge in [-0.1, -0.05) is 12.8 Å². The molecule has 6 nitrogen and oxygen atoms in total. The van der Waals surface area contributed by atoms with Crippen LogP contribution in [0.15, 0.2) is 12.1 Å².